The molecule has 1 unspecified atom stereocenters. The molecule has 0 saturated carbocycles. The Morgan fingerprint density at radius 1 is 1.10 bits per heavy atom. The lowest BCUT2D eigenvalue weighted by molar-refractivity contribution is 0.689. The molecule has 0 aliphatic rings. The normalized spacial score (nSPS) is 12.5. The van der Waals surface area contributed by atoms with Crippen LogP contribution >= 0.6 is 15.9 Å². The smallest absolute Gasteiger partial charge is 0.0702 e. The van der Waals surface area contributed by atoms with Crippen molar-refractivity contribution in [3.8, 4) is 0 Å². The van der Waals surface area contributed by atoms with Gasteiger partial charge in [0.1, 0.15) is 0 Å². The van der Waals surface area contributed by atoms with Crippen molar-refractivity contribution in [1.82, 2.24) is 15.3 Å². The highest BCUT2D eigenvalue weighted by molar-refractivity contribution is 9.10. The van der Waals surface area contributed by atoms with Gasteiger partial charge in [-0.1, -0.05) is 12.1 Å². The van der Waals surface area contributed by atoms with E-state index in [1.165, 1.54) is 5.56 Å². The molecule has 3 rings (SSSR count). The summed E-state index contributed by atoms with van der Waals surface area (Å²) in [5, 5.41) is 4.49. The van der Waals surface area contributed by atoms with Gasteiger partial charge in [-0.15, -0.1) is 0 Å². The third kappa shape index (κ3) is 2.57. The summed E-state index contributed by atoms with van der Waals surface area (Å²) in [5.41, 5.74) is 3.34. The van der Waals surface area contributed by atoms with E-state index in [9.17, 15) is 0 Å². The van der Waals surface area contributed by atoms with Crippen LogP contribution in [0.2, 0.25) is 0 Å². The molecule has 100 valence electrons. The molecule has 3 aromatic rings. The second kappa shape index (κ2) is 5.69. The van der Waals surface area contributed by atoms with Crippen molar-refractivity contribution in [2.24, 2.45) is 0 Å². The minimum atomic E-state index is 0.115. The van der Waals surface area contributed by atoms with Crippen LogP contribution in [0, 0.1) is 0 Å². The molecule has 2 heterocycles. The number of aromatic nitrogens is 2. The van der Waals surface area contributed by atoms with Crippen molar-refractivity contribution in [3.63, 3.8) is 0 Å². The number of fused-ring (bicyclic) bond motifs is 1. The molecular weight excluding hydrogens is 314 g/mol. The molecule has 4 heteroatoms. The van der Waals surface area contributed by atoms with Gasteiger partial charge in [0, 0.05) is 28.4 Å². The van der Waals surface area contributed by atoms with Crippen LogP contribution < -0.4 is 5.32 Å². The Morgan fingerprint density at radius 3 is 2.80 bits per heavy atom. The SMILES string of the molecule is CNC(c1cncc(Br)c1)c1ccc2ncccc2c1. The zero-order valence-electron chi connectivity index (χ0n) is 11.0. The lowest BCUT2D eigenvalue weighted by atomic mass is 9.99. The Balaban J connectivity index is 2.07. The first-order valence-corrected chi connectivity index (χ1v) is 7.19. The Bertz CT molecular complexity index is 742. The Morgan fingerprint density at radius 2 is 2.00 bits per heavy atom. The molecule has 1 aromatic carbocycles. The van der Waals surface area contributed by atoms with Gasteiger partial charge in [-0.25, -0.2) is 0 Å². The van der Waals surface area contributed by atoms with Crippen LogP contribution in [-0.4, -0.2) is 17.0 Å². The molecule has 3 nitrogen and oxygen atoms in total. The van der Waals surface area contributed by atoms with E-state index in [0.717, 1.165) is 20.9 Å². The average Bonchev–Trinajstić information content (AvgIpc) is 2.48. The molecule has 20 heavy (non-hydrogen) atoms. The Labute approximate surface area is 126 Å². The molecule has 0 spiro atoms. The zero-order chi connectivity index (χ0) is 13.9. The number of rotatable bonds is 3. The quantitative estimate of drug-likeness (QED) is 0.797. The van der Waals surface area contributed by atoms with Crippen molar-refractivity contribution >= 4 is 26.8 Å². The van der Waals surface area contributed by atoms with Crippen molar-refractivity contribution in [3.05, 3.63) is 70.6 Å². The topological polar surface area (TPSA) is 37.8 Å². The van der Waals surface area contributed by atoms with Crippen LogP contribution in [0.25, 0.3) is 10.9 Å². The van der Waals surface area contributed by atoms with Crippen LogP contribution in [0.5, 0.6) is 0 Å². The van der Waals surface area contributed by atoms with Crippen LogP contribution in [0.3, 0.4) is 0 Å². The van der Waals surface area contributed by atoms with Crippen LogP contribution in [0.1, 0.15) is 17.2 Å². The first-order chi connectivity index (χ1) is 9.78. The van der Waals surface area contributed by atoms with E-state index in [1.54, 1.807) is 6.20 Å². The Hall–Kier alpha value is -1.78. The molecule has 1 N–H and O–H groups in total. The van der Waals surface area contributed by atoms with Crippen molar-refractivity contribution in [1.29, 1.82) is 0 Å². The molecule has 2 aromatic heterocycles. The third-order valence-electron chi connectivity index (χ3n) is 3.31. The fraction of sp³-hybridized carbons (Fsp3) is 0.125. The van der Waals surface area contributed by atoms with Gasteiger partial charge in [0.2, 0.25) is 0 Å². The van der Waals surface area contributed by atoms with E-state index >= 15 is 0 Å². The number of hydrogen-bond acceptors (Lipinski definition) is 3. The summed E-state index contributed by atoms with van der Waals surface area (Å²) in [4.78, 5) is 8.60. The number of pyridine rings is 2. The predicted octanol–water partition coefficient (Wildman–Crippen LogP) is 3.70. The molecule has 0 bridgehead atoms. The summed E-state index contributed by atoms with van der Waals surface area (Å²) in [6.45, 7) is 0. The van der Waals surface area contributed by atoms with Crippen LogP contribution in [0.4, 0.5) is 0 Å². The van der Waals surface area contributed by atoms with E-state index in [0.29, 0.717) is 0 Å². The fourth-order valence-electron chi connectivity index (χ4n) is 2.39. The number of halogens is 1. The number of nitrogens with one attached hydrogen (secondary N) is 1. The van der Waals surface area contributed by atoms with Gasteiger partial charge in [-0.2, -0.15) is 0 Å². The minimum Gasteiger partial charge on any atom is -0.309 e. The molecule has 0 aliphatic heterocycles. The van der Waals surface area contributed by atoms with E-state index in [1.807, 2.05) is 25.5 Å². The third-order valence-corrected chi connectivity index (χ3v) is 3.74. The van der Waals surface area contributed by atoms with Gasteiger partial charge in [-0.3, -0.25) is 9.97 Å². The molecule has 0 radical (unpaired) electrons. The largest absolute Gasteiger partial charge is 0.309 e. The van der Waals surface area contributed by atoms with Crippen molar-refractivity contribution in [2.45, 2.75) is 6.04 Å². The number of hydrogen-bond donors (Lipinski definition) is 1. The van der Waals surface area contributed by atoms with Crippen LogP contribution in [-0.2, 0) is 0 Å². The number of nitrogens with zero attached hydrogens (tertiary/aromatic N) is 2. The minimum absolute atomic E-state index is 0.115. The molecule has 0 aliphatic carbocycles. The van der Waals surface area contributed by atoms with Gasteiger partial charge < -0.3 is 5.32 Å². The zero-order valence-corrected chi connectivity index (χ0v) is 12.6. The molecule has 0 fully saturated rings. The average molecular weight is 328 g/mol. The summed E-state index contributed by atoms with van der Waals surface area (Å²) in [6, 6.07) is 12.6. The molecule has 0 amide bonds. The fourth-order valence-corrected chi connectivity index (χ4v) is 2.77. The second-order valence-electron chi connectivity index (χ2n) is 4.61. The Kier molecular flexibility index (Phi) is 3.76. The van der Waals surface area contributed by atoms with Gasteiger partial charge >= 0.3 is 0 Å². The number of benzene rings is 1. The summed E-state index contributed by atoms with van der Waals surface area (Å²) < 4.78 is 0.984. The predicted molar refractivity (Wildman–Crippen MR) is 84.6 cm³/mol. The van der Waals surface area contributed by atoms with E-state index in [4.69, 9.17) is 0 Å². The lowest BCUT2D eigenvalue weighted by Gasteiger charge is -2.17. The van der Waals surface area contributed by atoms with Gasteiger partial charge in [-0.05, 0) is 58.4 Å². The highest BCUT2D eigenvalue weighted by atomic mass is 79.9. The second-order valence-corrected chi connectivity index (χ2v) is 5.53. The van der Waals surface area contributed by atoms with Crippen LogP contribution in [0.15, 0.2) is 59.5 Å². The first-order valence-electron chi connectivity index (χ1n) is 6.40. The monoisotopic (exact) mass is 327 g/mol. The van der Waals surface area contributed by atoms with Crippen molar-refractivity contribution in [2.75, 3.05) is 7.05 Å². The van der Waals surface area contributed by atoms with Gasteiger partial charge in [0.15, 0.2) is 0 Å². The standard InChI is InChI=1S/C16H14BrN3/c1-18-16(13-8-14(17)10-19-9-13)12-4-5-15-11(7-12)3-2-6-20-15/h2-10,16,18H,1H3. The molecule has 0 saturated heterocycles. The maximum atomic E-state index is 4.35. The van der Waals surface area contributed by atoms with Crippen molar-refractivity contribution < 1.29 is 0 Å². The van der Waals surface area contributed by atoms with E-state index < -0.39 is 0 Å². The molecular formula is C16H14BrN3. The van der Waals surface area contributed by atoms with E-state index in [2.05, 4.69) is 61.5 Å². The highest BCUT2D eigenvalue weighted by Gasteiger charge is 2.13. The lowest BCUT2D eigenvalue weighted by Crippen LogP contribution is -2.17. The summed E-state index contributed by atoms with van der Waals surface area (Å²) in [7, 11) is 1.96. The van der Waals surface area contributed by atoms with Gasteiger partial charge in [0.25, 0.3) is 0 Å². The van der Waals surface area contributed by atoms with E-state index in [-0.39, 0.29) is 6.04 Å². The molecule has 1 atom stereocenters. The summed E-state index contributed by atoms with van der Waals surface area (Å²) >= 11 is 3.47. The summed E-state index contributed by atoms with van der Waals surface area (Å²) in [5.74, 6) is 0. The summed E-state index contributed by atoms with van der Waals surface area (Å²) in [6.07, 6.45) is 5.50. The maximum absolute atomic E-state index is 4.35. The first kappa shape index (κ1) is 13.2. The van der Waals surface area contributed by atoms with Gasteiger partial charge in [0.05, 0.1) is 11.6 Å². The highest BCUT2D eigenvalue weighted by Crippen LogP contribution is 2.25. The maximum Gasteiger partial charge on any atom is 0.0702 e.